The third kappa shape index (κ3) is 1.53. The number of hydrogen-bond acceptors (Lipinski definition) is 2. The first-order valence-corrected chi connectivity index (χ1v) is 3.24. The molecule has 0 aromatic heterocycles. The van der Waals surface area contributed by atoms with Gasteiger partial charge in [0.25, 0.3) is 0 Å². The Kier molecular flexibility index (Phi) is 2.25. The monoisotopic (exact) mass is 126 g/mol. The van der Waals surface area contributed by atoms with Crippen molar-refractivity contribution in [2.24, 2.45) is 0 Å². The van der Waals surface area contributed by atoms with E-state index in [-0.39, 0.29) is 6.23 Å². The van der Waals surface area contributed by atoms with Gasteiger partial charge in [0.2, 0.25) is 0 Å². The minimum atomic E-state index is -0.261. The van der Waals surface area contributed by atoms with Gasteiger partial charge in [-0.25, -0.2) is 0 Å². The smallest absolute Gasteiger partial charge is 0.107 e. The zero-order valence-corrected chi connectivity index (χ0v) is 5.45. The Morgan fingerprint density at radius 2 is 2.44 bits per heavy atom. The van der Waals surface area contributed by atoms with Crippen LogP contribution in [0.1, 0.15) is 12.8 Å². The molecule has 2 nitrogen and oxygen atoms in total. The first kappa shape index (κ1) is 6.78. The van der Waals surface area contributed by atoms with Crippen LogP contribution >= 0.6 is 0 Å². The van der Waals surface area contributed by atoms with E-state index in [9.17, 15) is 0 Å². The molecule has 0 aromatic carbocycles. The molecular weight excluding hydrogens is 114 g/mol. The van der Waals surface area contributed by atoms with Gasteiger partial charge < -0.3 is 5.11 Å². The highest BCUT2D eigenvalue weighted by Gasteiger charge is 2.19. The summed E-state index contributed by atoms with van der Waals surface area (Å²) in [6, 6.07) is 0. The normalized spacial score (nSPS) is 28.8. The fourth-order valence-corrected chi connectivity index (χ4v) is 1.08. The molecule has 0 bridgehead atoms. The maximum absolute atomic E-state index is 9.17. The Morgan fingerprint density at radius 1 is 1.67 bits per heavy atom. The third-order valence-electron chi connectivity index (χ3n) is 1.56. The lowest BCUT2D eigenvalue weighted by Gasteiger charge is -2.15. The molecule has 0 saturated carbocycles. The van der Waals surface area contributed by atoms with Crippen molar-refractivity contribution in [3.05, 3.63) is 19.2 Å². The first-order valence-electron chi connectivity index (χ1n) is 3.24. The molecule has 1 saturated heterocycles. The molecule has 51 valence electrons. The minimum absolute atomic E-state index is 0.261. The Bertz CT molecular complexity index is 103. The van der Waals surface area contributed by atoms with Gasteiger partial charge >= 0.3 is 0 Å². The van der Waals surface area contributed by atoms with Crippen LogP contribution in [0.15, 0.2) is 12.7 Å². The van der Waals surface area contributed by atoms with Crippen molar-refractivity contribution in [1.29, 1.82) is 0 Å². The first-order chi connectivity index (χ1) is 4.34. The summed E-state index contributed by atoms with van der Waals surface area (Å²) in [7, 11) is 0. The number of nitrogens with zero attached hydrogens (tertiary/aromatic N) is 1. The van der Waals surface area contributed by atoms with Gasteiger partial charge in [-0.2, -0.15) is 0 Å². The van der Waals surface area contributed by atoms with Crippen LogP contribution in [0.25, 0.3) is 0 Å². The summed E-state index contributed by atoms with van der Waals surface area (Å²) in [4.78, 5) is 1.90. The molecule has 0 amide bonds. The van der Waals surface area contributed by atoms with E-state index in [1.165, 1.54) is 0 Å². The molecule has 2 heteroatoms. The van der Waals surface area contributed by atoms with Crippen molar-refractivity contribution < 1.29 is 5.11 Å². The van der Waals surface area contributed by atoms with Crippen LogP contribution in [0.5, 0.6) is 0 Å². The highest BCUT2D eigenvalue weighted by atomic mass is 16.3. The molecule has 1 N–H and O–H groups in total. The van der Waals surface area contributed by atoms with E-state index in [1.54, 1.807) is 6.08 Å². The van der Waals surface area contributed by atoms with Crippen molar-refractivity contribution in [3.8, 4) is 0 Å². The molecule has 0 aliphatic carbocycles. The molecule has 1 atom stereocenters. The molecule has 0 aromatic rings. The van der Waals surface area contributed by atoms with Gasteiger partial charge in [0.05, 0.1) is 0 Å². The quantitative estimate of drug-likeness (QED) is 0.590. The van der Waals surface area contributed by atoms with Crippen LogP contribution in [0.4, 0.5) is 0 Å². The summed E-state index contributed by atoms with van der Waals surface area (Å²) < 4.78 is 0. The Labute approximate surface area is 55.8 Å². The maximum atomic E-state index is 9.17. The zero-order valence-electron chi connectivity index (χ0n) is 5.45. The summed E-state index contributed by atoms with van der Waals surface area (Å²) >= 11 is 0. The second-order valence-corrected chi connectivity index (χ2v) is 2.25. The van der Waals surface area contributed by atoms with E-state index in [0.717, 1.165) is 19.4 Å². The molecule has 1 heterocycles. The number of rotatable bonds is 2. The predicted octanol–water partition coefficient (Wildman–Crippen LogP) is 0.748. The lowest BCUT2D eigenvalue weighted by Crippen LogP contribution is -2.25. The van der Waals surface area contributed by atoms with Crippen LogP contribution in [0.2, 0.25) is 0 Å². The molecular formula is C7H12NO. The number of likely N-dealkylation sites (tertiary alicyclic amines) is 1. The number of aliphatic hydroxyl groups excluding tert-OH is 1. The van der Waals surface area contributed by atoms with Gasteiger partial charge in [0.15, 0.2) is 0 Å². The molecule has 1 radical (unpaired) electrons. The summed E-state index contributed by atoms with van der Waals surface area (Å²) in [6.45, 7) is 6.35. The molecule has 1 rings (SSSR count). The van der Waals surface area contributed by atoms with Gasteiger partial charge in [0, 0.05) is 13.1 Å². The van der Waals surface area contributed by atoms with E-state index in [1.807, 2.05) is 11.4 Å². The average Bonchev–Trinajstić information content (AvgIpc) is 2.18. The van der Waals surface area contributed by atoms with Gasteiger partial charge in [0.1, 0.15) is 6.23 Å². The van der Waals surface area contributed by atoms with Crippen molar-refractivity contribution in [2.45, 2.75) is 19.1 Å². The van der Waals surface area contributed by atoms with Crippen LogP contribution in [0, 0.1) is 6.54 Å². The SMILES string of the molecule is C=C[CH]N1CCCC1O. The number of aliphatic hydroxyl groups is 1. The highest BCUT2D eigenvalue weighted by molar-refractivity contribution is 4.89. The van der Waals surface area contributed by atoms with Crippen molar-refractivity contribution >= 4 is 0 Å². The Hall–Kier alpha value is -0.340. The third-order valence-corrected chi connectivity index (χ3v) is 1.56. The lowest BCUT2D eigenvalue weighted by atomic mass is 10.4. The van der Waals surface area contributed by atoms with E-state index in [4.69, 9.17) is 5.11 Å². The van der Waals surface area contributed by atoms with Crippen LogP contribution < -0.4 is 0 Å². The molecule has 1 aliphatic rings. The van der Waals surface area contributed by atoms with Crippen molar-refractivity contribution in [1.82, 2.24) is 4.90 Å². The van der Waals surface area contributed by atoms with Gasteiger partial charge in [-0.3, -0.25) is 4.90 Å². The number of hydrogen-bond donors (Lipinski definition) is 1. The van der Waals surface area contributed by atoms with E-state index in [2.05, 4.69) is 6.58 Å². The molecule has 1 fully saturated rings. The topological polar surface area (TPSA) is 23.5 Å². The van der Waals surface area contributed by atoms with Gasteiger partial charge in [-0.15, -0.1) is 6.58 Å². The zero-order chi connectivity index (χ0) is 6.69. The molecule has 1 aliphatic heterocycles. The maximum Gasteiger partial charge on any atom is 0.107 e. The van der Waals surface area contributed by atoms with Crippen LogP contribution in [-0.4, -0.2) is 22.8 Å². The van der Waals surface area contributed by atoms with Crippen LogP contribution in [0.3, 0.4) is 0 Å². The molecule has 9 heavy (non-hydrogen) atoms. The second-order valence-electron chi connectivity index (χ2n) is 2.25. The summed E-state index contributed by atoms with van der Waals surface area (Å²) in [6.07, 6.45) is 3.42. The predicted molar refractivity (Wildman–Crippen MR) is 36.4 cm³/mol. The summed E-state index contributed by atoms with van der Waals surface area (Å²) in [5.74, 6) is 0. The minimum Gasteiger partial charge on any atom is -0.378 e. The van der Waals surface area contributed by atoms with Crippen LogP contribution in [-0.2, 0) is 0 Å². The van der Waals surface area contributed by atoms with E-state index >= 15 is 0 Å². The Balaban J connectivity index is 2.30. The van der Waals surface area contributed by atoms with Gasteiger partial charge in [-0.05, 0) is 12.8 Å². The summed E-state index contributed by atoms with van der Waals surface area (Å²) in [5, 5.41) is 9.17. The second kappa shape index (κ2) is 2.99. The van der Waals surface area contributed by atoms with E-state index < -0.39 is 0 Å². The highest BCUT2D eigenvalue weighted by Crippen LogP contribution is 2.15. The van der Waals surface area contributed by atoms with E-state index in [0.29, 0.717) is 0 Å². The standard InChI is InChI=1S/C7H12NO/c1-2-5-8-6-3-4-7(8)9/h2,5,7,9H,1,3-4,6H2. The molecule has 0 spiro atoms. The van der Waals surface area contributed by atoms with Crippen molar-refractivity contribution in [2.75, 3.05) is 6.54 Å². The largest absolute Gasteiger partial charge is 0.378 e. The fourth-order valence-electron chi connectivity index (χ4n) is 1.08. The fraction of sp³-hybridized carbons (Fsp3) is 0.571. The molecule has 1 unspecified atom stereocenters. The average molecular weight is 126 g/mol. The Morgan fingerprint density at radius 3 is 2.89 bits per heavy atom. The van der Waals surface area contributed by atoms with Gasteiger partial charge in [-0.1, -0.05) is 6.08 Å². The lowest BCUT2D eigenvalue weighted by molar-refractivity contribution is 0.0627. The van der Waals surface area contributed by atoms with Crippen molar-refractivity contribution in [3.63, 3.8) is 0 Å². The summed E-state index contributed by atoms with van der Waals surface area (Å²) in [5.41, 5.74) is 0.